The molecule has 0 bridgehead atoms. The average molecular weight is 326 g/mol. The Morgan fingerprint density at radius 3 is 2.38 bits per heavy atom. The Morgan fingerprint density at radius 2 is 1.62 bits per heavy atom. The van der Waals surface area contributed by atoms with E-state index in [0.29, 0.717) is 19.4 Å². The lowest BCUT2D eigenvalue weighted by atomic mass is 10.1. The van der Waals surface area contributed by atoms with Crippen LogP contribution in [0.2, 0.25) is 0 Å². The van der Waals surface area contributed by atoms with Crippen molar-refractivity contribution in [1.82, 2.24) is 10.6 Å². The third-order valence-electron chi connectivity index (χ3n) is 3.60. The van der Waals surface area contributed by atoms with Crippen molar-refractivity contribution < 1.29 is 14.3 Å². The van der Waals surface area contributed by atoms with Crippen LogP contribution >= 0.6 is 0 Å². The molecule has 0 aliphatic carbocycles. The van der Waals surface area contributed by atoms with Crippen LogP contribution in [0, 0.1) is 0 Å². The highest BCUT2D eigenvalue weighted by Crippen LogP contribution is 2.16. The highest BCUT2D eigenvalue weighted by molar-refractivity contribution is 5.84. The zero-order valence-corrected chi connectivity index (χ0v) is 13.7. The van der Waals surface area contributed by atoms with Gasteiger partial charge in [0.05, 0.1) is 13.7 Å². The van der Waals surface area contributed by atoms with Crippen molar-refractivity contribution >= 4 is 11.8 Å². The third kappa shape index (κ3) is 5.76. The summed E-state index contributed by atoms with van der Waals surface area (Å²) in [5.41, 5.74) is 2.00. The molecule has 0 fully saturated rings. The monoisotopic (exact) mass is 326 g/mol. The summed E-state index contributed by atoms with van der Waals surface area (Å²) in [5.74, 6) is 0.366. The van der Waals surface area contributed by atoms with Crippen LogP contribution in [0.25, 0.3) is 0 Å². The number of carbonyl (C=O) groups is 2. The molecule has 0 radical (unpaired) electrons. The number of amides is 2. The first-order valence-electron chi connectivity index (χ1n) is 7.88. The standard InChI is InChI=1S/C19H22N2O3/c1-24-17-10-6-5-9-16(17)13-20-19(23)14-21-18(22)12-11-15-7-3-2-4-8-15/h2-10H,11-14H2,1H3,(H,20,23)(H,21,22). The predicted octanol–water partition coefficient (Wildman–Crippen LogP) is 2.06. The first-order chi connectivity index (χ1) is 11.7. The van der Waals surface area contributed by atoms with Gasteiger partial charge >= 0.3 is 0 Å². The number of para-hydroxylation sites is 1. The lowest BCUT2D eigenvalue weighted by Crippen LogP contribution is -2.36. The first kappa shape index (κ1) is 17.5. The molecule has 24 heavy (non-hydrogen) atoms. The molecule has 2 N–H and O–H groups in total. The Bertz CT molecular complexity index is 671. The number of carbonyl (C=O) groups excluding carboxylic acids is 2. The maximum Gasteiger partial charge on any atom is 0.239 e. The summed E-state index contributed by atoms with van der Waals surface area (Å²) < 4.78 is 5.23. The van der Waals surface area contributed by atoms with E-state index in [1.54, 1.807) is 7.11 Å². The predicted molar refractivity (Wildman–Crippen MR) is 92.6 cm³/mol. The molecular weight excluding hydrogens is 304 g/mol. The third-order valence-corrected chi connectivity index (χ3v) is 3.60. The van der Waals surface area contributed by atoms with E-state index in [0.717, 1.165) is 16.9 Å². The van der Waals surface area contributed by atoms with Gasteiger partial charge in [-0.25, -0.2) is 0 Å². The zero-order chi connectivity index (χ0) is 17.2. The van der Waals surface area contributed by atoms with Crippen LogP contribution in [-0.4, -0.2) is 25.5 Å². The van der Waals surface area contributed by atoms with E-state index in [1.165, 1.54) is 0 Å². The van der Waals surface area contributed by atoms with Crippen molar-refractivity contribution in [2.45, 2.75) is 19.4 Å². The van der Waals surface area contributed by atoms with Crippen molar-refractivity contribution in [2.75, 3.05) is 13.7 Å². The minimum absolute atomic E-state index is 0.0250. The van der Waals surface area contributed by atoms with Gasteiger partial charge < -0.3 is 15.4 Å². The average Bonchev–Trinajstić information content (AvgIpc) is 2.64. The molecule has 0 unspecified atom stereocenters. The number of ether oxygens (including phenoxy) is 1. The van der Waals surface area contributed by atoms with Crippen molar-refractivity contribution in [3.8, 4) is 5.75 Å². The molecule has 0 atom stereocenters. The molecule has 0 aliphatic rings. The van der Waals surface area contributed by atoms with Crippen LogP contribution in [0.3, 0.4) is 0 Å². The Kier molecular flexibility index (Phi) is 6.83. The van der Waals surface area contributed by atoms with Gasteiger partial charge in [0, 0.05) is 18.5 Å². The molecule has 5 heteroatoms. The quantitative estimate of drug-likeness (QED) is 0.780. The molecule has 2 rings (SSSR count). The van der Waals surface area contributed by atoms with Crippen LogP contribution in [-0.2, 0) is 22.6 Å². The van der Waals surface area contributed by atoms with Crippen molar-refractivity contribution in [1.29, 1.82) is 0 Å². The summed E-state index contributed by atoms with van der Waals surface area (Å²) >= 11 is 0. The van der Waals surface area contributed by atoms with Crippen molar-refractivity contribution in [3.63, 3.8) is 0 Å². The van der Waals surface area contributed by atoms with Crippen LogP contribution in [0.5, 0.6) is 5.75 Å². The second-order valence-corrected chi connectivity index (χ2v) is 5.35. The number of hydrogen-bond acceptors (Lipinski definition) is 3. The molecule has 2 aromatic carbocycles. The molecular formula is C19H22N2O3. The number of rotatable bonds is 8. The first-order valence-corrected chi connectivity index (χ1v) is 7.88. The Labute approximate surface area is 142 Å². The van der Waals surface area contributed by atoms with Crippen LogP contribution in [0.15, 0.2) is 54.6 Å². The smallest absolute Gasteiger partial charge is 0.239 e. The Morgan fingerprint density at radius 1 is 0.917 bits per heavy atom. The summed E-state index contributed by atoms with van der Waals surface area (Å²) in [5, 5.41) is 5.40. The van der Waals surface area contributed by atoms with Gasteiger partial charge in [0.15, 0.2) is 0 Å². The minimum atomic E-state index is -0.228. The topological polar surface area (TPSA) is 67.4 Å². The van der Waals surface area contributed by atoms with Gasteiger partial charge in [-0.15, -0.1) is 0 Å². The van der Waals surface area contributed by atoms with E-state index >= 15 is 0 Å². The Balaban J connectivity index is 1.68. The van der Waals surface area contributed by atoms with E-state index < -0.39 is 0 Å². The molecule has 5 nitrogen and oxygen atoms in total. The van der Waals surface area contributed by atoms with Gasteiger partial charge in [-0.2, -0.15) is 0 Å². The summed E-state index contributed by atoms with van der Waals surface area (Å²) in [6.45, 7) is 0.339. The minimum Gasteiger partial charge on any atom is -0.496 e. The van der Waals surface area contributed by atoms with Gasteiger partial charge in [-0.3, -0.25) is 9.59 Å². The Hall–Kier alpha value is -2.82. The fraction of sp³-hybridized carbons (Fsp3) is 0.263. The van der Waals surface area contributed by atoms with Crippen LogP contribution in [0.1, 0.15) is 17.5 Å². The maximum atomic E-state index is 11.8. The molecule has 2 amide bonds. The van der Waals surface area contributed by atoms with Crippen molar-refractivity contribution in [2.24, 2.45) is 0 Å². The van der Waals surface area contributed by atoms with E-state index in [1.807, 2.05) is 54.6 Å². The van der Waals surface area contributed by atoms with Gasteiger partial charge in [0.2, 0.25) is 11.8 Å². The molecule has 0 aliphatic heterocycles. The summed E-state index contributed by atoms with van der Waals surface area (Å²) in [4.78, 5) is 23.6. The molecule has 0 saturated carbocycles. The van der Waals surface area contributed by atoms with Crippen LogP contribution in [0.4, 0.5) is 0 Å². The largest absolute Gasteiger partial charge is 0.496 e. The maximum absolute atomic E-state index is 11.8. The number of aryl methyl sites for hydroxylation is 1. The highest BCUT2D eigenvalue weighted by Gasteiger charge is 2.07. The van der Waals surface area contributed by atoms with Gasteiger partial charge in [-0.05, 0) is 18.1 Å². The van der Waals surface area contributed by atoms with E-state index in [9.17, 15) is 9.59 Å². The molecule has 0 heterocycles. The fourth-order valence-corrected chi connectivity index (χ4v) is 2.28. The molecule has 2 aromatic rings. The number of hydrogen-bond donors (Lipinski definition) is 2. The molecule has 0 saturated heterocycles. The lowest BCUT2D eigenvalue weighted by Gasteiger charge is -2.10. The SMILES string of the molecule is COc1ccccc1CNC(=O)CNC(=O)CCc1ccccc1. The number of benzene rings is 2. The molecule has 0 aromatic heterocycles. The van der Waals surface area contributed by atoms with Crippen LogP contribution < -0.4 is 15.4 Å². The molecule has 0 spiro atoms. The van der Waals surface area contributed by atoms with E-state index in [2.05, 4.69) is 10.6 Å². The summed E-state index contributed by atoms with van der Waals surface area (Å²) in [6, 6.07) is 17.3. The second kappa shape index (κ2) is 9.35. The van der Waals surface area contributed by atoms with Gasteiger partial charge in [0.1, 0.15) is 5.75 Å². The highest BCUT2D eigenvalue weighted by atomic mass is 16.5. The zero-order valence-electron chi connectivity index (χ0n) is 13.7. The lowest BCUT2D eigenvalue weighted by molar-refractivity contribution is -0.126. The van der Waals surface area contributed by atoms with E-state index in [-0.39, 0.29) is 18.4 Å². The van der Waals surface area contributed by atoms with Gasteiger partial charge in [0.25, 0.3) is 0 Å². The summed E-state index contributed by atoms with van der Waals surface area (Å²) in [6.07, 6.45) is 1.03. The second-order valence-electron chi connectivity index (χ2n) is 5.35. The van der Waals surface area contributed by atoms with E-state index in [4.69, 9.17) is 4.74 Å². The fourth-order valence-electron chi connectivity index (χ4n) is 2.28. The van der Waals surface area contributed by atoms with Crippen molar-refractivity contribution in [3.05, 3.63) is 65.7 Å². The number of nitrogens with one attached hydrogen (secondary N) is 2. The van der Waals surface area contributed by atoms with Gasteiger partial charge in [-0.1, -0.05) is 48.5 Å². The normalized spacial score (nSPS) is 10.0. The summed E-state index contributed by atoms with van der Waals surface area (Å²) in [7, 11) is 1.59. The molecule has 126 valence electrons. The number of methoxy groups -OCH3 is 1.